The van der Waals surface area contributed by atoms with Crippen molar-refractivity contribution in [3.05, 3.63) is 94.8 Å². The number of rotatable bonds is 4. The van der Waals surface area contributed by atoms with E-state index < -0.39 is 5.91 Å². The molecule has 4 rings (SSSR count). The molecule has 1 unspecified atom stereocenters. The van der Waals surface area contributed by atoms with Crippen molar-refractivity contribution in [3.63, 3.8) is 0 Å². The van der Waals surface area contributed by atoms with Gasteiger partial charge in [0.2, 0.25) is 0 Å². The van der Waals surface area contributed by atoms with Crippen molar-refractivity contribution >= 4 is 11.8 Å². The number of halogens is 1. The van der Waals surface area contributed by atoms with Crippen LogP contribution in [0.4, 0.5) is 4.39 Å². The lowest BCUT2D eigenvalue weighted by atomic mass is 9.86. The molecule has 0 aromatic heterocycles. The van der Waals surface area contributed by atoms with Gasteiger partial charge in [-0.2, -0.15) is 0 Å². The van der Waals surface area contributed by atoms with E-state index in [1.165, 1.54) is 12.1 Å². The number of hydrogen-bond donors (Lipinski definition) is 3. The smallest absolute Gasteiger partial charge is 0.274 e. The van der Waals surface area contributed by atoms with Crippen molar-refractivity contribution < 1.29 is 19.2 Å². The van der Waals surface area contributed by atoms with Gasteiger partial charge in [0.15, 0.2) is 0 Å². The fraction of sp³-hybridized carbons (Fsp3) is 0.167. The summed E-state index contributed by atoms with van der Waals surface area (Å²) in [6.07, 6.45) is 2.53. The Morgan fingerprint density at radius 3 is 2.17 bits per heavy atom. The van der Waals surface area contributed by atoms with Crippen LogP contribution in [0, 0.1) is 5.82 Å². The fourth-order valence-electron chi connectivity index (χ4n) is 3.87. The van der Waals surface area contributed by atoms with Crippen LogP contribution in [0.1, 0.15) is 50.7 Å². The van der Waals surface area contributed by atoms with Crippen LogP contribution in [0.3, 0.4) is 0 Å². The molecule has 0 saturated heterocycles. The number of nitrogens with one attached hydrogen (secondary N) is 2. The maximum Gasteiger partial charge on any atom is 0.274 e. The highest BCUT2D eigenvalue weighted by Gasteiger charge is 2.23. The lowest BCUT2D eigenvalue weighted by Crippen LogP contribution is -2.31. The minimum Gasteiger partial charge on any atom is -0.345 e. The third kappa shape index (κ3) is 4.09. The SMILES string of the molecule is O=C(NO)c1ccc2c(c1)CCCC2NC(=O)c1ccc(-c2ccc(F)cc2)cc1. The number of carbonyl (C=O) groups excluding carboxylic acids is 2. The van der Waals surface area contributed by atoms with Crippen molar-refractivity contribution in [3.8, 4) is 11.1 Å². The zero-order valence-electron chi connectivity index (χ0n) is 16.2. The Balaban J connectivity index is 1.49. The van der Waals surface area contributed by atoms with Gasteiger partial charge in [-0.15, -0.1) is 0 Å². The summed E-state index contributed by atoms with van der Waals surface area (Å²) in [5.41, 5.74) is 6.36. The molecule has 0 heterocycles. The first kappa shape index (κ1) is 19.8. The second-order valence-electron chi connectivity index (χ2n) is 7.36. The molecule has 5 nitrogen and oxygen atoms in total. The van der Waals surface area contributed by atoms with Crippen molar-refractivity contribution in [2.45, 2.75) is 25.3 Å². The van der Waals surface area contributed by atoms with Crippen molar-refractivity contribution in [1.29, 1.82) is 0 Å². The Hall–Kier alpha value is -3.51. The summed E-state index contributed by atoms with van der Waals surface area (Å²) >= 11 is 0. The first-order valence-electron chi connectivity index (χ1n) is 9.79. The van der Waals surface area contributed by atoms with Gasteiger partial charge < -0.3 is 5.32 Å². The lowest BCUT2D eigenvalue weighted by molar-refractivity contribution is 0.0706. The third-order valence-corrected chi connectivity index (χ3v) is 5.45. The van der Waals surface area contributed by atoms with E-state index in [-0.39, 0.29) is 17.8 Å². The monoisotopic (exact) mass is 404 g/mol. The van der Waals surface area contributed by atoms with E-state index in [2.05, 4.69) is 5.32 Å². The molecular formula is C24H21FN2O3. The maximum atomic E-state index is 13.1. The molecule has 0 fully saturated rings. The summed E-state index contributed by atoms with van der Waals surface area (Å²) < 4.78 is 13.1. The quantitative estimate of drug-likeness (QED) is 0.445. The topological polar surface area (TPSA) is 78.4 Å². The number of aryl methyl sites for hydroxylation is 1. The number of amides is 2. The molecule has 3 aromatic carbocycles. The van der Waals surface area contributed by atoms with Crippen LogP contribution < -0.4 is 10.8 Å². The molecule has 1 aliphatic rings. The molecule has 3 N–H and O–H groups in total. The molecule has 0 spiro atoms. The van der Waals surface area contributed by atoms with Crippen LogP contribution in [0.2, 0.25) is 0 Å². The van der Waals surface area contributed by atoms with Crippen molar-refractivity contribution in [2.75, 3.05) is 0 Å². The van der Waals surface area contributed by atoms with Gasteiger partial charge in [0, 0.05) is 11.1 Å². The molecule has 1 atom stereocenters. The summed E-state index contributed by atoms with van der Waals surface area (Å²) in [5, 5.41) is 11.9. The van der Waals surface area contributed by atoms with Gasteiger partial charge >= 0.3 is 0 Å². The van der Waals surface area contributed by atoms with Gasteiger partial charge in [-0.25, -0.2) is 9.87 Å². The molecule has 0 bridgehead atoms. The zero-order valence-corrected chi connectivity index (χ0v) is 16.2. The van der Waals surface area contributed by atoms with Crippen LogP contribution >= 0.6 is 0 Å². The maximum absolute atomic E-state index is 13.1. The molecule has 3 aromatic rings. The van der Waals surface area contributed by atoms with E-state index in [9.17, 15) is 14.0 Å². The van der Waals surface area contributed by atoms with Gasteiger partial charge in [-0.1, -0.05) is 30.3 Å². The summed E-state index contributed by atoms with van der Waals surface area (Å²) in [6.45, 7) is 0. The number of fused-ring (bicyclic) bond motifs is 1. The van der Waals surface area contributed by atoms with E-state index in [0.717, 1.165) is 41.5 Å². The summed E-state index contributed by atoms with van der Waals surface area (Å²) in [6, 6.07) is 18.5. The molecule has 0 radical (unpaired) electrons. The second kappa shape index (κ2) is 8.47. The summed E-state index contributed by atoms with van der Waals surface area (Å²) in [4.78, 5) is 24.4. The van der Waals surface area contributed by atoms with E-state index in [1.807, 2.05) is 18.2 Å². The molecule has 2 amide bonds. The van der Waals surface area contributed by atoms with Gasteiger partial charge in [0.1, 0.15) is 5.82 Å². The summed E-state index contributed by atoms with van der Waals surface area (Å²) in [5.74, 6) is -1.01. The van der Waals surface area contributed by atoms with Crippen LogP contribution in [0.25, 0.3) is 11.1 Å². The second-order valence-corrected chi connectivity index (χ2v) is 7.36. The minimum absolute atomic E-state index is 0.135. The minimum atomic E-state index is -0.551. The highest BCUT2D eigenvalue weighted by Crippen LogP contribution is 2.31. The predicted octanol–water partition coefficient (Wildman–Crippen LogP) is 4.42. The first-order chi connectivity index (χ1) is 14.5. The first-order valence-corrected chi connectivity index (χ1v) is 9.79. The Kier molecular flexibility index (Phi) is 5.59. The van der Waals surface area contributed by atoms with Gasteiger partial charge in [-0.3, -0.25) is 14.8 Å². The predicted molar refractivity (Wildman–Crippen MR) is 111 cm³/mol. The number of hydrogen-bond acceptors (Lipinski definition) is 3. The molecule has 0 aliphatic heterocycles. The number of hydroxylamine groups is 1. The molecular weight excluding hydrogens is 383 g/mol. The lowest BCUT2D eigenvalue weighted by Gasteiger charge is -2.27. The van der Waals surface area contributed by atoms with Gasteiger partial charge in [-0.05, 0) is 77.9 Å². The molecule has 30 heavy (non-hydrogen) atoms. The van der Waals surface area contributed by atoms with Crippen LogP contribution in [0.5, 0.6) is 0 Å². The van der Waals surface area contributed by atoms with E-state index in [4.69, 9.17) is 5.21 Å². The molecule has 152 valence electrons. The third-order valence-electron chi connectivity index (χ3n) is 5.45. The van der Waals surface area contributed by atoms with Crippen LogP contribution in [-0.4, -0.2) is 17.0 Å². The normalized spacial score (nSPS) is 15.2. The molecule has 1 aliphatic carbocycles. The average molecular weight is 404 g/mol. The Labute approximate surface area is 173 Å². The summed E-state index contributed by atoms with van der Waals surface area (Å²) in [7, 11) is 0. The Morgan fingerprint density at radius 2 is 1.50 bits per heavy atom. The average Bonchev–Trinajstić information content (AvgIpc) is 2.79. The van der Waals surface area contributed by atoms with E-state index in [0.29, 0.717) is 11.1 Å². The van der Waals surface area contributed by atoms with Gasteiger partial charge in [0.25, 0.3) is 11.8 Å². The van der Waals surface area contributed by atoms with Crippen molar-refractivity contribution in [2.24, 2.45) is 0 Å². The highest BCUT2D eigenvalue weighted by molar-refractivity contribution is 5.95. The Morgan fingerprint density at radius 1 is 0.867 bits per heavy atom. The Bertz CT molecular complexity index is 1080. The molecule has 0 saturated carbocycles. The highest BCUT2D eigenvalue weighted by atomic mass is 19.1. The number of carbonyl (C=O) groups is 2. The van der Waals surface area contributed by atoms with Gasteiger partial charge in [0.05, 0.1) is 6.04 Å². The van der Waals surface area contributed by atoms with Crippen molar-refractivity contribution in [1.82, 2.24) is 10.8 Å². The standard InChI is InChI=1S/C24H21FN2O3/c25-20-11-8-16(9-12-20)15-4-6-17(7-5-15)23(28)26-22-3-1-2-18-14-19(24(29)27-30)10-13-21(18)22/h4-14,22,30H,1-3H2,(H,26,28)(H,27,29). The largest absolute Gasteiger partial charge is 0.345 e. The van der Waals surface area contributed by atoms with E-state index >= 15 is 0 Å². The van der Waals surface area contributed by atoms with Crippen LogP contribution in [0.15, 0.2) is 66.7 Å². The number of benzene rings is 3. The molecule has 6 heteroatoms. The van der Waals surface area contributed by atoms with Crippen LogP contribution in [-0.2, 0) is 6.42 Å². The fourth-order valence-corrected chi connectivity index (χ4v) is 3.87. The van der Waals surface area contributed by atoms with E-state index in [1.54, 1.807) is 41.9 Å². The zero-order chi connectivity index (χ0) is 21.1.